The van der Waals surface area contributed by atoms with Crippen molar-refractivity contribution >= 4 is 11.7 Å². The summed E-state index contributed by atoms with van der Waals surface area (Å²) in [5.74, 6) is -1.67. The molecule has 0 saturated carbocycles. The zero-order valence-electron chi connectivity index (χ0n) is 21.0. The van der Waals surface area contributed by atoms with Crippen LogP contribution in [0.4, 0.5) is 13.2 Å². The second-order valence-corrected chi connectivity index (χ2v) is 8.90. The van der Waals surface area contributed by atoms with Gasteiger partial charge in [0.25, 0.3) is 0 Å². The molecule has 0 aliphatic heterocycles. The minimum atomic E-state index is -4.67. The summed E-state index contributed by atoms with van der Waals surface area (Å²) in [5.41, 5.74) is 7.52. The molecule has 0 saturated heterocycles. The van der Waals surface area contributed by atoms with Crippen LogP contribution in [0.2, 0.25) is 0 Å². The summed E-state index contributed by atoms with van der Waals surface area (Å²) in [7, 11) is 1.72. The first-order chi connectivity index (χ1) is 17.9. The van der Waals surface area contributed by atoms with E-state index < -0.39 is 24.1 Å². The van der Waals surface area contributed by atoms with E-state index in [1.165, 1.54) is 13.0 Å². The number of carbonyl (C=O) groups excluding carboxylic acids is 2. The van der Waals surface area contributed by atoms with Crippen LogP contribution in [0.25, 0.3) is 11.3 Å². The number of carbonyl (C=O) groups is 2. The maximum absolute atomic E-state index is 13.1. The number of alkyl halides is 3. The fourth-order valence-electron chi connectivity index (χ4n) is 4.24. The van der Waals surface area contributed by atoms with E-state index >= 15 is 0 Å². The molecule has 2 atom stereocenters. The molecule has 0 radical (unpaired) electrons. The number of halogens is 3. The van der Waals surface area contributed by atoms with Gasteiger partial charge in [-0.25, -0.2) is 4.98 Å². The number of ketones is 1. The van der Waals surface area contributed by atoms with Gasteiger partial charge in [-0.2, -0.15) is 18.4 Å². The Hall–Kier alpha value is -4.17. The van der Waals surface area contributed by atoms with Gasteiger partial charge in [-0.05, 0) is 48.9 Å². The number of aliphatic hydroxyl groups excluding tert-OH is 1. The van der Waals surface area contributed by atoms with Crippen molar-refractivity contribution in [2.24, 2.45) is 12.8 Å². The number of hydrogen-bond donors (Lipinski definition) is 2. The molecule has 38 heavy (non-hydrogen) atoms. The number of aromatic nitrogens is 2. The maximum Gasteiger partial charge on any atom is 0.425 e. The van der Waals surface area contributed by atoms with Crippen LogP contribution >= 0.6 is 0 Å². The van der Waals surface area contributed by atoms with Gasteiger partial charge in [0.15, 0.2) is 17.7 Å². The third-order valence-corrected chi connectivity index (χ3v) is 6.16. The third-order valence-electron chi connectivity index (χ3n) is 6.16. The van der Waals surface area contributed by atoms with Gasteiger partial charge in [-0.15, -0.1) is 0 Å². The van der Waals surface area contributed by atoms with Crippen molar-refractivity contribution in [1.82, 2.24) is 9.55 Å². The van der Waals surface area contributed by atoms with Crippen molar-refractivity contribution in [3.8, 4) is 23.1 Å². The highest BCUT2D eigenvalue weighted by Gasteiger charge is 2.39. The number of nitriles is 1. The number of nitrogens with zero attached hydrogens (tertiary/aromatic N) is 3. The van der Waals surface area contributed by atoms with E-state index in [0.29, 0.717) is 11.5 Å². The quantitative estimate of drug-likeness (QED) is 0.377. The predicted octanol–water partition coefficient (Wildman–Crippen LogP) is 4.30. The molecule has 3 N–H and O–H groups in total. The molecule has 1 heterocycles. The topological polar surface area (TPSA) is 131 Å². The number of amides is 1. The molecule has 1 aromatic heterocycles. The van der Waals surface area contributed by atoms with Gasteiger partial charge in [0.05, 0.1) is 11.3 Å². The van der Waals surface area contributed by atoms with Gasteiger partial charge in [-0.3, -0.25) is 9.59 Å². The monoisotopic (exact) mass is 528 g/mol. The summed E-state index contributed by atoms with van der Waals surface area (Å²) < 4.78 is 46.1. The van der Waals surface area contributed by atoms with Crippen molar-refractivity contribution in [3.63, 3.8) is 0 Å². The van der Waals surface area contributed by atoms with Gasteiger partial charge < -0.3 is 20.1 Å². The van der Waals surface area contributed by atoms with E-state index in [4.69, 9.17) is 10.5 Å². The molecular formula is C27H27F3N4O4. The Morgan fingerprint density at radius 1 is 1.21 bits per heavy atom. The molecule has 11 heteroatoms. The first-order valence-electron chi connectivity index (χ1n) is 11.7. The predicted molar refractivity (Wildman–Crippen MR) is 133 cm³/mol. The van der Waals surface area contributed by atoms with Crippen LogP contribution in [0.3, 0.4) is 0 Å². The maximum atomic E-state index is 13.1. The lowest BCUT2D eigenvalue weighted by atomic mass is 9.83. The van der Waals surface area contributed by atoms with E-state index in [-0.39, 0.29) is 47.7 Å². The van der Waals surface area contributed by atoms with Gasteiger partial charge in [0, 0.05) is 37.9 Å². The minimum Gasteiger partial charge on any atom is -0.480 e. The van der Waals surface area contributed by atoms with Gasteiger partial charge in [0.1, 0.15) is 11.8 Å². The van der Waals surface area contributed by atoms with Crippen LogP contribution in [0, 0.1) is 11.3 Å². The van der Waals surface area contributed by atoms with Crippen LogP contribution in [0.5, 0.6) is 5.75 Å². The number of rotatable bonds is 10. The van der Waals surface area contributed by atoms with Crippen molar-refractivity contribution in [1.29, 1.82) is 5.26 Å². The van der Waals surface area contributed by atoms with Crippen molar-refractivity contribution in [2.75, 3.05) is 6.61 Å². The first kappa shape index (κ1) is 28.4. The lowest BCUT2D eigenvalue weighted by Gasteiger charge is -2.24. The van der Waals surface area contributed by atoms with Gasteiger partial charge >= 0.3 is 6.18 Å². The molecule has 0 aliphatic rings. The highest BCUT2D eigenvalue weighted by atomic mass is 19.4. The van der Waals surface area contributed by atoms with Gasteiger partial charge in [0.2, 0.25) is 5.91 Å². The SMILES string of the molecule is CC(=O)c1nc(-c2ccc(CC(CCO)c3c(C(N)=O)ccc(OC(C)C(F)(F)F)c3C#N)cc2)cn1C. The summed E-state index contributed by atoms with van der Waals surface area (Å²) in [6.07, 6.45) is -4.78. The highest BCUT2D eigenvalue weighted by Crippen LogP contribution is 2.37. The second kappa shape index (κ2) is 11.5. The van der Waals surface area contributed by atoms with E-state index in [9.17, 15) is 33.1 Å². The fraction of sp³-hybridized carbons (Fsp3) is 0.333. The molecule has 200 valence electrons. The van der Waals surface area contributed by atoms with Crippen LogP contribution in [0.15, 0.2) is 42.6 Å². The van der Waals surface area contributed by atoms with Crippen molar-refractivity contribution in [2.45, 2.75) is 44.9 Å². The molecule has 0 fully saturated rings. The number of primary amides is 1. The molecule has 0 aliphatic carbocycles. The first-order valence-corrected chi connectivity index (χ1v) is 11.7. The summed E-state index contributed by atoms with van der Waals surface area (Å²) in [5, 5.41) is 19.6. The molecule has 0 bridgehead atoms. The highest BCUT2D eigenvalue weighted by molar-refractivity contribution is 5.95. The largest absolute Gasteiger partial charge is 0.480 e. The Morgan fingerprint density at radius 3 is 2.37 bits per heavy atom. The number of imidazole rings is 1. The number of Topliss-reactive ketones (excluding diaryl/α,β-unsaturated/α-hetero) is 1. The third kappa shape index (κ3) is 6.20. The van der Waals surface area contributed by atoms with Crippen LogP contribution in [-0.4, -0.2) is 45.2 Å². The van der Waals surface area contributed by atoms with Crippen LogP contribution in [0.1, 0.15) is 63.9 Å². The van der Waals surface area contributed by atoms with Gasteiger partial charge in [-0.1, -0.05) is 24.3 Å². The number of hydrogen-bond acceptors (Lipinski definition) is 6. The number of aliphatic hydroxyl groups is 1. The molecule has 3 aromatic rings. The van der Waals surface area contributed by atoms with Crippen molar-refractivity contribution < 1.29 is 32.6 Å². The molecular weight excluding hydrogens is 501 g/mol. The Kier molecular flexibility index (Phi) is 8.58. The summed E-state index contributed by atoms with van der Waals surface area (Å²) in [6, 6.07) is 11.4. The molecule has 8 nitrogen and oxygen atoms in total. The standard InChI is InChI=1S/C27H27F3N4O4/c1-15(36)26-33-22(14-34(26)3)18-6-4-17(5-7-18)12-19(10-11-35)24-20(25(32)37)8-9-23(21(24)13-31)38-16(2)27(28,29)30/h4-9,14,16,19,35H,10-12H2,1-3H3,(H2,32,37). The number of aryl methyl sites for hydroxylation is 1. The summed E-state index contributed by atoms with van der Waals surface area (Å²) >= 11 is 0. The van der Waals surface area contributed by atoms with Crippen molar-refractivity contribution in [3.05, 3.63) is 70.7 Å². The zero-order chi connectivity index (χ0) is 28.2. The molecule has 2 aromatic carbocycles. The number of ether oxygens (including phenoxy) is 1. The second-order valence-electron chi connectivity index (χ2n) is 8.90. The average molecular weight is 529 g/mol. The normalized spacial score (nSPS) is 13.0. The van der Waals surface area contributed by atoms with Crippen LogP contribution < -0.4 is 10.5 Å². The lowest BCUT2D eigenvalue weighted by Crippen LogP contribution is -2.31. The molecule has 3 rings (SSSR count). The van der Waals surface area contributed by atoms with E-state index in [2.05, 4.69) is 4.98 Å². The lowest BCUT2D eigenvalue weighted by molar-refractivity contribution is -0.189. The zero-order valence-corrected chi connectivity index (χ0v) is 21.0. The Balaban J connectivity index is 2.00. The van der Waals surface area contributed by atoms with Crippen LogP contribution in [-0.2, 0) is 13.5 Å². The number of benzene rings is 2. The average Bonchev–Trinajstić information content (AvgIpc) is 3.25. The summed E-state index contributed by atoms with van der Waals surface area (Å²) in [4.78, 5) is 28.3. The Bertz CT molecular complexity index is 1370. The summed E-state index contributed by atoms with van der Waals surface area (Å²) in [6.45, 7) is 1.93. The smallest absolute Gasteiger partial charge is 0.425 e. The Labute approximate surface area is 217 Å². The Morgan fingerprint density at radius 2 is 1.87 bits per heavy atom. The molecule has 1 amide bonds. The van der Waals surface area contributed by atoms with E-state index in [1.54, 1.807) is 42.1 Å². The number of nitrogens with two attached hydrogens (primary N) is 1. The minimum absolute atomic E-state index is 0.0334. The fourth-order valence-corrected chi connectivity index (χ4v) is 4.24. The molecule has 0 spiro atoms. The van der Waals surface area contributed by atoms with E-state index in [1.807, 2.05) is 6.07 Å². The van der Waals surface area contributed by atoms with E-state index in [0.717, 1.165) is 24.1 Å². The molecule has 2 unspecified atom stereocenters.